The van der Waals surface area contributed by atoms with Crippen LogP contribution in [0, 0.1) is 0 Å². The number of carbonyl (C=O) groups is 1. The maximum Gasteiger partial charge on any atom is 0.265 e. The zero-order chi connectivity index (χ0) is 18.5. The van der Waals surface area contributed by atoms with E-state index >= 15 is 0 Å². The lowest BCUT2D eigenvalue weighted by Crippen LogP contribution is -2.39. The second-order valence-corrected chi connectivity index (χ2v) is 9.28. The van der Waals surface area contributed by atoms with Crippen molar-refractivity contribution in [2.45, 2.75) is 36.0 Å². The fourth-order valence-electron chi connectivity index (χ4n) is 3.91. The van der Waals surface area contributed by atoms with Gasteiger partial charge < -0.3 is 4.74 Å². The number of ether oxygens (including phenoxy) is 1. The van der Waals surface area contributed by atoms with Crippen LogP contribution >= 0.6 is 15.9 Å². The van der Waals surface area contributed by atoms with Gasteiger partial charge in [-0.3, -0.25) is 9.52 Å². The van der Waals surface area contributed by atoms with Crippen molar-refractivity contribution in [3.63, 3.8) is 0 Å². The molecule has 26 heavy (non-hydrogen) atoms. The number of Topliss-reactive ketones (excluding diaryl/α,β-unsaturated/α-hetero) is 1. The van der Waals surface area contributed by atoms with Crippen LogP contribution in [0.2, 0.25) is 0 Å². The molecule has 5 nitrogen and oxygen atoms in total. The number of hydrogen-bond donors (Lipinski definition) is 1. The first-order valence-electron chi connectivity index (χ1n) is 8.39. The molecule has 136 valence electrons. The number of methoxy groups -OCH3 is 1. The summed E-state index contributed by atoms with van der Waals surface area (Å²) in [7, 11) is -2.37. The van der Waals surface area contributed by atoms with Gasteiger partial charge in [0.1, 0.15) is 16.4 Å². The molecule has 0 heterocycles. The number of benzene rings is 2. The second kappa shape index (κ2) is 6.09. The Morgan fingerprint density at radius 1 is 1.19 bits per heavy atom. The van der Waals surface area contributed by atoms with Crippen molar-refractivity contribution in [3.8, 4) is 5.75 Å². The SMILES string of the molecule is COc1ccccc1S(=O)(=O)Nc1cc(Br)c2c(c1)C1(CCC1)C(=O)C2. The van der Waals surface area contributed by atoms with Crippen LogP contribution in [-0.4, -0.2) is 21.3 Å². The highest BCUT2D eigenvalue weighted by atomic mass is 79.9. The molecule has 1 saturated carbocycles. The average Bonchev–Trinajstić information content (AvgIpc) is 2.87. The van der Waals surface area contributed by atoms with E-state index in [9.17, 15) is 13.2 Å². The van der Waals surface area contributed by atoms with Gasteiger partial charge in [0, 0.05) is 10.9 Å². The number of anilines is 1. The number of fused-ring (bicyclic) bond motifs is 2. The highest BCUT2D eigenvalue weighted by molar-refractivity contribution is 9.10. The molecular weight excluding hydrogens is 418 g/mol. The Balaban J connectivity index is 1.74. The molecule has 0 unspecified atom stereocenters. The van der Waals surface area contributed by atoms with Gasteiger partial charge in [0.05, 0.1) is 18.2 Å². The van der Waals surface area contributed by atoms with Gasteiger partial charge in [-0.05, 0) is 48.2 Å². The van der Waals surface area contributed by atoms with E-state index in [2.05, 4.69) is 20.7 Å². The monoisotopic (exact) mass is 435 g/mol. The molecule has 2 aliphatic rings. The maximum atomic E-state index is 12.8. The predicted molar refractivity (Wildman–Crippen MR) is 102 cm³/mol. The first-order valence-corrected chi connectivity index (χ1v) is 10.7. The van der Waals surface area contributed by atoms with E-state index in [0.29, 0.717) is 12.1 Å². The number of carbonyl (C=O) groups excluding carboxylic acids is 1. The van der Waals surface area contributed by atoms with Gasteiger partial charge in [0.25, 0.3) is 10.0 Å². The molecule has 0 atom stereocenters. The van der Waals surface area contributed by atoms with E-state index in [-0.39, 0.29) is 16.4 Å². The summed E-state index contributed by atoms with van der Waals surface area (Å²) in [6, 6.07) is 10.0. The summed E-state index contributed by atoms with van der Waals surface area (Å²) >= 11 is 3.51. The normalized spacial score (nSPS) is 17.7. The maximum absolute atomic E-state index is 12.8. The van der Waals surface area contributed by atoms with Crippen molar-refractivity contribution in [1.29, 1.82) is 0 Å². The van der Waals surface area contributed by atoms with Crippen molar-refractivity contribution in [2.24, 2.45) is 0 Å². The largest absolute Gasteiger partial charge is 0.495 e. The molecule has 1 N–H and O–H groups in total. The van der Waals surface area contributed by atoms with Gasteiger partial charge in [-0.25, -0.2) is 8.42 Å². The van der Waals surface area contributed by atoms with Crippen LogP contribution in [0.15, 0.2) is 45.8 Å². The molecule has 2 aromatic rings. The first-order chi connectivity index (χ1) is 12.4. The molecule has 0 aliphatic heterocycles. The van der Waals surface area contributed by atoms with Crippen LogP contribution in [0.4, 0.5) is 5.69 Å². The van der Waals surface area contributed by atoms with Crippen molar-refractivity contribution in [1.82, 2.24) is 0 Å². The van der Waals surface area contributed by atoms with Gasteiger partial charge in [-0.1, -0.05) is 34.5 Å². The molecule has 1 spiro atoms. The molecule has 1 fully saturated rings. The third-order valence-electron chi connectivity index (χ3n) is 5.40. The van der Waals surface area contributed by atoms with E-state index in [1.807, 2.05) is 6.07 Å². The molecule has 0 aromatic heterocycles. The fraction of sp³-hybridized carbons (Fsp3) is 0.316. The Bertz CT molecular complexity index is 1010. The molecule has 2 aliphatic carbocycles. The first kappa shape index (κ1) is 17.5. The van der Waals surface area contributed by atoms with Crippen molar-refractivity contribution >= 4 is 37.4 Å². The van der Waals surface area contributed by atoms with E-state index in [1.165, 1.54) is 13.2 Å². The summed E-state index contributed by atoms with van der Waals surface area (Å²) in [6.45, 7) is 0. The second-order valence-electron chi connectivity index (χ2n) is 6.78. The average molecular weight is 436 g/mol. The van der Waals surface area contributed by atoms with Crippen LogP contribution in [0.3, 0.4) is 0 Å². The Morgan fingerprint density at radius 2 is 1.92 bits per heavy atom. The molecule has 7 heteroatoms. The summed E-state index contributed by atoms with van der Waals surface area (Å²) in [4.78, 5) is 12.6. The van der Waals surface area contributed by atoms with Gasteiger partial charge >= 0.3 is 0 Å². The Morgan fingerprint density at radius 3 is 2.58 bits per heavy atom. The molecule has 2 aromatic carbocycles. The summed E-state index contributed by atoms with van der Waals surface area (Å²) in [5.74, 6) is 0.523. The number of sulfonamides is 1. The fourth-order valence-corrected chi connectivity index (χ4v) is 5.72. The summed E-state index contributed by atoms with van der Waals surface area (Å²) in [5, 5.41) is 0. The quantitative estimate of drug-likeness (QED) is 0.792. The highest BCUT2D eigenvalue weighted by Crippen LogP contribution is 2.52. The van der Waals surface area contributed by atoms with Crippen LogP contribution in [-0.2, 0) is 26.7 Å². The minimum absolute atomic E-state index is 0.0774. The number of para-hydroxylation sites is 1. The zero-order valence-corrected chi connectivity index (χ0v) is 16.6. The number of ketones is 1. The van der Waals surface area contributed by atoms with E-state index in [4.69, 9.17) is 4.74 Å². The Hall–Kier alpha value is -1.86. The molecular formula is C19H18BrNO4S. The van der Waals surface area contributed by atoms with Crippen LogP contribution in [0.1, 0.15) is 30.4 Å². The third kappa shape index (κ3) is 2.56. The molecule has 0 amide bonds. The van der Waals surface area contributed by atoms with Crippen LogP contribution in [0.5, 0.6) is 5.75 Å². The Labute approximate surface area is 160 Å². The van der Waals surface area contributed by atoms with Gasteiger partial charge in [0.2, 0.25) is 0 Å². The zero-order valence-electron chi connectivity index (χ0n) is 14.2. The standard InChI is InChI=1S/C19H18BrNO4S/c1-25-16-5-2-3-6-17(16)26(23,24)21-12-9-14-13(15(20)10-12)11-18(22)19(14)7-4-8-19/h2-3,5-6,9-10,21H,4,7-8,11H2,1H3. The predicted octanol–water partition coefficient (Wildman–Crippen LogP) is 3.81. The van der Waals surface area contributed by atoms with Gasteiger partial charge in [0.15, 0.2) is 0 Å². The lowest BCUT2D eigenvalue weighted by atomic mass is 9.64. The summed E-state index contributed by atoms with van der Waals surface area (Å²) in [6.07, 6.45) is 3.12. The van der Waals surface area contributed by atoms with E-state index in [1.54, 1.807) is 24.3 Å². The van der Waals surface area contributed by atoms with E-state index < -0.39 is 15.4 Å². The molecule has 0 saturated heterocycles. The highest BCUT2D eigenvalue weighted by Gasteiger charge is 2.51. The van der Waals surface area contributed by atoms with Crippen LogP contribution < -0.4 is 9.46 Å². The van der Waals surface area contributed by atoms with Gasteiger partial charge in [-0.2, -0.15) is 0 Å². The smallest absolute Gasteiger partial charge is 0.265 e. The number of nitrogens with one attached hydrogen (secondary N) is 1. The number of rotatable bonds is 4. The Kier molecular flexibility index (Phi) is 4.11. The molecule has 0 radical (unpaired) electrons. The summed E-state index contributed by atoms with van der Waals surface area (Å²) in [5.41, 5.74) is 1.97. The lowest BCUT2D eigenvalue weighted by Gasteiger charge is -2.37. The lowest BCUT2D eigenvalue weighted by molar-refractivity contribution is -0.125. The van der Waals surface area contributed by atoms with Crippen LogP contribution in [0.25, 0.3) is 0 Å². The molecule has 4 rings (SSSR count). The third-order valence-corrected chi connectivity index (χ3v) is 7.53. The van der Waals surface area contributed by atoms with Crippen molar-refractivity contribution in [3.05, 3.63) is 52.0 Å². The summed E-state index contributed by atoms with van der Waals surface area (Å²) < 4.78 is 34.2. The van der Waals surface area contributed by atoms with Gasteiger partial charge in [-0.15, -0.1) is 0 Å². The topological polar surface area (TPSA) is 72.5 Å². The number of hydrogen-bond acceptors (Lipinski definition) is 4. The van der Waals surface area contributed by atoms with Crippen molar-refractivity contribution in [2.75, 3.05) is 11.8 Å². The van der Waals surface area contributed by atoms with E-state index in [0.717, 1.165) is 34.9 Å². The molecule has 0 bridgehead atoms. The van der Waals surface area contributed by atoms with Crippen molar-refractivity contribution < 1.29 is 17.9 Å². The minimum atomic E-state index is -3.81. The minimum Gasteiger partial charge on any atom is -0.495 e. The number of halogens is 1.